The van der Waals surface area contributed by atoms with Gasteiger partial charge in [0.2, 0.25) is 15.9 Å². The largest absolute Gasteiger partial charge is 0.352 e. The number of nitrogens with zero attached hydrogens (tertiary/aromatic N) is 1. The van der Waals surface area contributed by atoms with Gasteiger partial charge >= 0.3 is 0 Å². The first-order chi connectivity index (χ1) is 10.4. The summed E-state index contributed by atoms with van der Waals surface area (Å²) >= 11 is 0. The summed E-state index contributed by atoms with van der Waals surface area (Å²) < 4.78 is 24.8. The van der Waals surface area contributed by atoms with Crippen LogP contribution >= 0.6 is 0 Å². The number of hydrogen-bond donors (Lipinski definition) is 1. The molecule has 1 atom stereocenters. The van der Waals surface area contributed by atoms with Gasteiger partial charge in [0.15, 0.2) is 0 Å². The van der Waals surface area contributed by atoms with E-state index in [0.29, 0.717) is 12.1 Å². The summed E-state index contributed by atoms with van der Waals surface area (Å²) in [6.07, 6.45) is 1.90. The minimum atomic E-state index is -3.61. The predicted molar refractivity (Wildman–Crippen MR) is 84.1 cm³/mol. The minimum absolute atomic E-state index is 0.176. The molecule has 0 saturated carbocycles. The number of carbonyl (C=O) groups excluding carboxylic acids is 2. The van der Waals surface area contributed by atoms with Crippen LogP contribution in [0.1, 0.15) is 37.0 Å². The summed E-state index contributed by atoms with van der Waals surface area (Å²) in [7, 11) is -3.61. The second-order valence-electron chi connectivity index (χ2n) is 5.44. The Bertz CT molecular complexity index is 667. The molecule has 0 aliphatic carbocycles. The van der Waals surface area contributed by atoms with Gasteiger partial charge in [0.05, 0.1) is 17.4 Å². The Morgan fingerprint density at radius 3 is 2.45 bits per heavy atom. The van der Waals surface area contributed by atoms with Crippen LogP contribution in [-0.2, 0) is 14.8 Å². The monoisotopic (exact) mass is 324 g/mol. The molecule has 1 aromatic rings. The molecule has 120 valence electrons. The molecule has 0 aromatic heterocycles. The Hall–Kier alpha value is -1.89. The SMILES string of the molecule is CCCCNC(=O)c1ccc(N2C(=O)C(C)CS2(=O)=O)cc1. The Balaban J connectivity index is 2.15. The third-order valence-electron chi connectivity index (χ3n) is 3.54. The van der Waals surface area contributed by atoms with Crippen molar-refractivity contribution >= 4 is 27.5 Å². The maximum Gasteiger partial charge on any atom is 0.251 e. The van der Waals surface area contributed by atoms with Gasteiger partial charge in [-0.3, -0.25) is 9.59 Å². The molecule has 1 saturated heterocycles. The Kier molecular flexibility index (Phi) is 4.85. The molecule has 0 radical (unpaired) electrons. The zero-order chi connectivity index (χ0) is 16.3. The highest BCUT2D eigenvalue weighted by Crippen LogP contribution is 2.28. The summed E-state index contributed by atoms with van der Waals surface area (Å²) in [6, 6.07) is 6.04. The molecule has 22 heavy (non-hydrogen) atoms. The van der Waals surface area contributed by atoms with E-state index in [9.17, 15) is 18.0 Å². The van der Waals surface area contributed by atoms with E-state index in [1.54, 1.807) is 6.92 Å². The molecule has 0 bridgehead atoms. The summed E-state index contributed by atoms with van der Waals surface area (Å²) in [5.74, 6) is -1.35. The second kappa shape index (κ2) is 6.48. The maximum atomic E-state index is 12.0. The lowest BCUT2D eigenvalue weighted by atomic mass is 10.1. The minimum Gasteiger partial charge on any atom is -0.352 e. The normalized spacial score (nSPS) is 20.2. The number of nitrogens with one attached hydrogen (secondary N) is 1. The fourth-order valence-corrected chi connectivity index (χ4v) is 4.14. The van der Waals surface area contributed by atoms with Crippen LogP contribution in [0.5, 0.6) is 0 Å². The van der Waals surface area contributed by atoms with Crippen molar-refractivity contribution in [3.05, 3.63) is 29.8 Å². The van der Waals surface area contributed by atoms with E-state index in [-0.39, 0.29) is 17.3 Å². The number of benzene rings is 1. The number of anilines is 1. The van der Waals surface area contributed by atoms with Crippen molar-refractivity contribution in [3.8, 4) is 0 Å². The van der Waals surface area contributed by atoms with E-state index in [2.05, 4.69) is 5.32 Å². The van der Waals surface area contributed by atoms with Crippen LogP contribution in [0.3, 0.4) is 0 Å². The fourth-order valence-electron chi connectivity index (χ4n) is 2.32. The highest BCUT2D eigenvalue weighted by molar-refractivity contribution is 7.94. The smallest absolute Gasteiger partial charge is 0.251 e. The predicted octanol–water partition coefficient (Wildman–Crippen LogP) is 1.53. The number of sulfonamides is 1. The molecule has 6 nitrogen and oxygen atoms in total. The van der Waals surface area contributed by atoms with Gasteiger partial charge in [0.1, 0.15) is 0 Å². The third kappa shape index (κ3) is 3.30. The van der Waals surface area contributed by atoms with E-state index >= 15 is 0 Å². The van der Waals surface area contributed by atoms with E-state index < -0.39 is 21.8 Å². The molecule has 1 N–H and O–H groups in total. The summed E-state index contributed by atoms with van der Waals surface area (Å²) in [4.78, 5) is 23.9. The summed E-state index contributed by atoms with van der Waals surface area (Å²) in [5.41, 5.74) is 0.719. The zero-order valence-electron chi connectivity index (χ0n) is 12.7. The summed E-state index contributed by atoms with van der Waals surface area (Å²) in [6.45, 7) is 4.23. The number of unbranched alkanes of at least 4 members (excludes halogenated alkanes) is 1. The number of rotatable bonds is 5. The highest BCUT2D eigenvalue weighted by Gasteiger charge is 2.41. The lowest BCUT2D eigenvalue weighted by Gasteiger charge is -2.15. The van der Waals surface area contributed by atoms with Gasteiger partial charge in [-0.05, 0) is 30.7 Å². The molecular formula is C15H20N2O4S. The maximum absolute atomic E-state index is 12.0. The van der Waals surface area contributed by atoms with Gasteiger partial charge in [0, 0.05) is 12.1 Å². The quantitative estimate of drug-likeness (QED) is 0.833. The van der Waals surface area contributed by atoms with Crippen LogP contribution in [0.2, 0.25) is 0 Å². The molecule has 1 aromatic carbocycles. The van der Waals surface area contributed by atoms with Gasteiger partial charge in [-0.25, -0.2) is 12.7 Å². The molecule has 7 heteroatoms. The van der Waals surface area contributed by atoms with Crippen LogP contribution in [0.25, 0.3) is 0 Å². The first kappa shape index (κ1) is 16.5. The van der Waals surface area contributed by atoms with Gasteiger partial charge in [-0.1, -0.05) is 20.3 Å². The van der Waals surface area contributed by atoms with Crippen molar-refractivity contribution in [2.45, 2.75) is 26.7 Å². The molecular weight excluding hydrogens is 304 g/mol. The molecule has 1 aliphatic rings. The lowest BCUT2D eigenvalue weighted by Crippen LogP contribution is -2.30. The summed E-state index contributed by atoms with van der Waals surface area (Å²) in [5, 5.41) is 2.78. The number of carbonyl (C=O) groups is 2. The van der Waals surface area contributed by atoms with Crippen LogP contribution in [0, 0.1) is 5.92 Å². The molecule has 2 rings (SSSR count). The highest BCUT2D eigenvalue weighted by atomic mass is 32.2. The molecule has 2 amide bonds. The van der Waals surface area contributed by atoms with E-state index in [1.807, 2.05) is 6.92 Å². The van der Waals surface area contributed by atoms with Crippen LogP contribution < -0.4 is 9.62 Å². The van der Waals surface area contributed by atoms with E-state index in [1.165, 1.54) is 24.3 Å². The van der Waals surface area contributed by atoms with Crippen LogP contribution in [0.4, 0.5) is 5.69 Å². The molecule has 1 aliphatic heterocycles. The molecule has 0 spiro atoms. The van der Waals surface area contributed by atoms with Gasteiger partial charge in [-0.2, -0.15) is 0 Å². The molecule has 1 heterocycles. The molecule has 1 unspecified atom stereocenters. The van der Waals surface area contributed by atoms with E-state index in [4.69, 9.17) is 0 Å². The fraction of sp³-hybridized carbons (Fsp3) is 0.467. The van der Waals surface area contributed by atoms with Crippen molar-refractivity contribution in [1.82, 2.24) is 5.32 Å². The first-order valence-electron chi connectivity index (χ1n) is 7.32. The van der Waals surface area contributed by atoms with Crippen molar-refractivity contribution in [1.29, 1.82) is 0 Å². The van der Waals surface area contributed by atoms with Crippen LogP contribution in [0.15, 0.2) is 24.3 Å². The second-order valence-corrected chi connectivity index (χ2v) is 7.30. The molecule has 1 fully saturated rings. The Morgan fingerprint density at radius 2 is 1.95 bits per heavy atom. The van der Waals surface area contributed by atoms with Crippen LogP contribution in [-0.4, -0.2) is 32.5 Å². The number of amides is 2. The zero-order valence-corrected chi connectivity index (χ0v) is 13.5. The van der Waals surface area contributed by atoms with Crippen molar-refractivity contribution in [3.63, 3.8) is 0 Å². The first-order valence-corrected chi connectivity index (χ1v) is 8.93. The average Bonchev–Trinajstić information content (AvgIpc) is 2.67. The van der Waals surface area contributed by atoms with Gasteiger partial charge < -0.3 is 5.32 Å². The average molecular weight is 324 g/mol. The van der Waals surface area contributed by atoms with Crippen molar-refractivity contribution in [2.24, 2.45) is 5.92 Å². The third-order valence-corrected chi connectivity index (χ3v) is 5.41. The van der Waals surface area contributed by atoms with Crippen molar-refractivity contribution < 1.29 is 18.0 Å². The standard InChI is InChI=1S/C15H20N2O4S/c1-3-4-9-16-14(18)12-5-7-13(8-6-12)17-15(19)11(2)10-22(17,20)21/h5-8,11H,3-4,9-10H2,1-2H3,(H,16,18). The Labute approximate surface area is 130 Å². The number of hydrogen-bond acceptors (Lipinski definition) is 4. The topological polar surface area (TPSA) is 83.6 Å². The van der Waals surface area contributed by atoms with Gasteiger partial charge in [-0.15, -0.1) is 0 Å². The Morgan fingerprint density at radius 1 is 1.32 bits per heavy atom. The van der Waals surface area contributed by atoms with Gasteiger partial charge in [0.25, 0.3) is 5.91 Å². The lowest BCUT2D eigenvalue weighted by molar-refractivity contribution is -0.119. The van der Waals surface area contributed by atoms with E-state index in [0.717, 1.165) is 17.1 Å². The van der Waals surface area contributed by atoms with Crippen molar-refractivity contribution in [2.75, 3.05) is 16.6 Å².